The molecule has 1 unspecified atom stereocenters. The zero-order valence-electron chi connectivity index (χ0n) is 13.1. The Labute approximate surface area is 138 Å². The molecule has 2 heterocycles. The van der Waals surface area contributed by atoms with E-state index in [9.17, 15) is 0 Å². The molecule has 2 saturated heterocycles. The lowest BCUT2D eigenvalue weighted by Crippen LogP contribution is -2.54. The second kappa shape index (κ2) is 6.34. The van der Waals surface area contributed by atoms with Crippen molar-refractivity contribution in [2.45, 2.75) is 67.8 Å². The normalized spacial score (nSPS) is 32.3. The Bertz CT molecular complexity index is 388. The predicted molar refractivity (Wildman–Crippen MR) is 94.0 cm³/mol. The van der Waals surface area contributed by atoms with Crippen molar-refractivity contribution in [3.05, 3.63) is 0 Å². The van der Waals surface area contributed by atoms with Crippen LogP contribution in [-0.2, 0) is 4.74 Å². The fourth-order valence-corrected chi connectivity index (χ4v) is 5.73. The highest BCUT2D eigenvalue weighted by atomic mass is 32.2. The zero-order chi connectivity index (χ0) is 14.9. The molecule has 1 aliphatic carbocycles. The van der Waals surface area contributed by atoms with Crippen LogP contribution in [0, 0.1) is 0 Å². The number of hydrogen-bond acceptors (Lipinski definition) is 4. The fraction of sp³-hybridized carbons (Fsp3) is 0.938. The van der Waals surface area contributed by atoms with E-state index < -0.39 is 0 Å². The van der Waals surface area contributed by atoms with Crippen molar-refractivity contribution in [1.29, 1.82) is 0 Å². The fourth-order valence-electron chi connectivity index (χ4n) is 4.48. The lowest BCUT2D eigenvalue weighted by Gasteiger charge is -2.47. The van der Waals surface area contributed by atoms with Crippen molar-refractivity contribution in [2.75, 3.05) is 26.0 Å². The lowest BCUT2D eigenvalue weighted by atomic mass is 9.86. The van der Waals surface area contributed by atoms with Gasteiger partial charge in [-0.2, -0.15) is 11.8 Å². The number of likely N-dealkylation sites (tertiary alicyclic amines) is 1. The first-order chi connectivity index (χ1) is 10.1. The summed E-state index contributed by atoms with van der Waals surface area (Å²) in [5, 5.41) is 0. The Morgan fingerprint density at radius 2 is 1.90 bits per heavy atom. The third-order valence-electron chi connectivity index (χ3n) is 5.94. The van der Waals surface area contributed by atoms with E-state index in [0.717, 1.165) is 32.5 Å². The Balaban J connectivity index is 1.60. The van der Waals surface area contributed by atoms with E-state index in [0.29, 0.717) is 11.0 Å². The van der Waals surface area contributed by atoms with Gasteiger partial charge in [-0.15, -0.1) is 0 Å². The van der Waals surface area contributed by atoms with Crippen LogP contribution in [0.3, 0.4) is 0 Å². The van der Waals surface area contributed by atoms with Crippen LogP contribution in [-0.4, -0.2) is 52.2 Å². The molecular formula is C16H28N2OS2. The largest absolute Gasteiger partial charge is 0.392 e. The van der Waals surface area contributed by atoms with Gasteiger partial charge in [0.2, 0.25) is 0 Å². The lowest BCUT2D eigenvalue weighted by molar-refractivity contribution is -0.103. The van der Waals surface area contributed by atoms with Gasteiger partial charge >= 0.3 is 0 Å². The number of ether oxygens (including phenoxy) is 1. The topological polar surface area (TPSA) is 38.5 Å². The summed E-state index contributed by atoms with van der Waals surface area (Å²) in [5.41, 5.74) is 6.23. The number of thiocarbonyl (C=S) groups is 1. The molecule has 1 atom stereocenters. The maximum absolute atomic E-state index is 6.18. The summed E-state index contributed by atoms with van der Waals surface area (Å²) in [6, 6.07) is 0.711. The summed E-state index contributed by atoms with van der Waals surface area (Å²) < 4.78 is 6.22. The Morgan fingerprint density at radius 1 is 1.24 bits per heavy atom. The van der Waals surface area contributed by atoms with E-state index in [1.807, 2.05) is 11.8 Å². The molecule has 3 fully saturated rings. The molecule has 0 aromatic rings. The predicted octanol–water partition coefficient (Wildman–Crippen LogP) is 2.96. The van der Waals surface area contributed by atoms with Crippen LogP contribution in [0.4, 0.5) is 0 Å². The maximum Gasteiger partial charge on any atom is 0.0891 e. The summed E-state index contributed by atoms with van der Waals surface area (Å²) in [4.78, 5) is 3.39. The van der Waals surface area contributed by atoms with E-state index in [-0.39, 0.29) is 10.3 Å². The van der Waals surface area contributed by atoms with E-state index in [1.165, 1.54) is 38.5 Å². The number of rotatable bonds is 3. The molecule has 0 aromatic carbocycles. The van der Waals surface area contributed by atoms with Gasteiger partial charge in [0.15, 0.2) is 0 Å². The minimum Gasteiger partial charge on any atom is -0.392 e. The number of nitrogens with two attached hydrogens (primary N) is 1. The second-order valence-electron chi connectivity index (χ2n) is 6.98. The van der Waals surface area contributed by atoms with Crippen LogP contribution in [0.15, 0.2) is 0 Å². The van der Waals surface area contributed by atoms with Gasteiger partial charge in [0.25, 0.3) is 0 Å². The number of nitrogens with zero attached hydrogens (tertiary/aromatic N) is 1. The third-order valence-corrected chi connectivity index (χ3v) is 7.87. The summed E-state index contributed by atoms with van der Waals surface area (Å²) in [7, 11) is 0. The van der Waals surface area contributed by atoms with Gasteiger partial charge in [-0.05, 0) is 44.8 Å². The van der Waals surface area contributed by atoms with Gasteiger partial charge < -0.3 is 15.4 Å². The van der Waals surface area contributed by atoms with Crippen LogP contribution in [0.5, 0.6) is 0 Å². The molecule has 0 amide bonds. The molecule has 5 heteroatoms. The van der Waals surface area contributed by atoms with Gasteiger partial charge in [-0.25, -0.2) is 0 Å². The van der Waals surface area contributed by atoms with Crippen molar-refractivity contribution in [2.24, 2.45) is 5.73 Å². The van der Waals surface area contributed by atoms with Gasteiger partial charge in [-0.1, -0.05) is 25.1 Å². The van der Waals surface area contributed by atoms with E-state index >= 15 is 0 Å². The minimum absolute atomic E-state index is 0.0437. The second-order valence-corrected chi connectivity index (χ2v) is 8.61. The van der Waals surface area contributed by atoms with Crippen LogP contribution >= 0.6 is 24.0 Å². The van der Waals surface area contributed by atoms with Crippen LogP contribution in [0.1, 0.15) is 51.4 Å². The number of piperidine rings is 1. The van der Waals surface area contributed by atoms with E-state index in [2.05, 4.69) is 11.2 Å². The molecule has 2 aliphatic heterocycles. The number of thioether (sulfide) groups is 1. The average Bonchev–Trinajstić information content (AvgIpc) is 2.95. The van der Waals surface area contributed by atoms with E-state index in [1.54, 1.807) is 0 Å². The molecule has 21 heavy (non-hydrogen) atoms. The van der Waals surface area contributed by atoms with Gasteiger partial charge in [0.05, 0.1) is 15.3 Å². The number of hydrogen-bond donors (Lipinski definition) is 1. The zero-order valence-corrected chi connectivity index (χ0v) is 14.7. The SMILES string of the molecule is CSC1(C(N)=S)CCN(C2CCOC3(CCCC3)C2)CC1. The van der Waals surface area contributed by atoms with Crippen LogP contribution in [0.2, 0.25) is 0 Å². The third kappa shape index (κ3) is 3.12. The molecule has 0 aromatic heterocycles. The highest BCUT2D eigenvalue weighted by Gasteiger charge is 2.44. The first-order valence-electron chi connectivity index (χ1n) is 8.32. The van der Waals surface area contributed by atoms with Crippen molar-refractivity contribution in [3.8, 4) is 0 Å². The molecule has 3 aliphatic rings. The summed E-state index contributed by atoms with van der Waals surface area (Å²) in [5.74, 6) is 0. The molecule has 3 nitrogen and oxygen atoms in total. The smallest absolute Gasteiger partial charge is 0.0891 e. The Morgan fingerprint density at radius 3 is 2.48 bits per heavy atom. The van der Waals surface area contributed by atoms with Gasteiger partial charge in [0, 0.05) is 25.7 Å². The molecule has 3 rings (SSSR count). The summed E-state index contributed by atoms with van der Waals surface area (Å²) in [6.45, 7) is 3.22. The molecule has 2 N–H and O–H groups in total. The summed E-state index contributed by atoms with van der Waals surface area (Å²) >= 11 is 7.17. The monoisotopic (exact) mass is 328 g/mol. The van der Waals surface area contributed by atoms with Crippen LogP contribution < -0.4 is 5.73 Å². The standard InChI is InChI=1S/C16H28N2OS2/c1-21-16(14(17)20)7-9-18(10-8-16)13-4-11-19-15(12-13)5-2-3-6-15/h13H,2-12H2,1H3,(H2,17,20). The van der Waals surface area contributed by atoms with Crippen molar-refractivity contribution >= 4 is 29.0 Å². The molecule has 1 spiro atoms. The van der Waals surface area contributed by atoms with Gasteiger partial charge in [0.1, 0.15) is 0 Å². The first kappa shape index (κ1) is 16.0. The Kier molecular flexibility index (Phi) is 4.84. The highest BCUT2D eigenvalue weighted by molar-refractivity contribution is 8.02. The molecule has 120 valence electrons. The van der Waals surface area contributed by atoms with Crippen molar-refractivity contribution in [3.63, 3.8) is 0 Å². The van der Waals surface area contributed by atoms with Crippen molar-refractivity contribution in [1.82, 2.24) is 4.90 Å². The van der Waals surface area contributed by atoms with Crippen molar-refractivity contribution < 1.29 is 4.74 Å². The highest BCUT2D eigenvalue weighted by Crippen LogP contribution is 2.43. The van der Waals surface area contributed by atoms with E-state index in [4.69, 9.17) is 22.7 Å². The summed E-state index contributed by atoms with van der Waals surface area (Å²) in [6.07, 6.45) is 12.1. The first-order valence-corrected chi connectivity index (χ1v) is 9.96. The van der Waals surface area contributed by atoms with Gasteiger partial charge in [-0.3, -0.25) is 0 Å². The molecule has 0 bridgehead atoms. The Hall–Kier alpha value is 0.160. The molecular weight excluding hydrogens is 300 g/mol. The molecule has 1 saturated carbocycles. The average molecular weight is 329 g/mol. The quantitative estimate of drug-likeness (QED) is 0.806. The minimum atomic E-state index is 0.0437. The van der Waals surface area contributed by atoms with Crippen LogP contribution in [0.25, 0.3) is 0 Å². The maximum atomic E-state index is 6.18. The molecule has 0 radical (unpaired) electrons.